The molecule has 2 nitrogen and oxygen atoms in total. The second-order valence-electron chi connectivity index (χ2n) is 3.32. The monoisotopic (exact) mass is 224 g/mol. The van der Waals surface area contributed by atoms with E-state index in [0.29, 0.717) is 6.42 Å². The van der Waals surface area contributed by atoms with Gasteiger partial charge in [-0.1, -0.05) is 18.9 Å². The third-order valence-corrected chi connectivity index (χ3v) is 1.67. The Labute approximate surface area is 87.1 Å². The van der Waals surface area contributed by atoms with Crippen LogP contribution in [0.2, 0.25) is 0 Å². The Morgan fingerprint density at radius 3 is 2.47 bits per heavy atom. The summed E-state index contributed by atoms with van der Waals surface area (Å²) in [6.07, 6.45) is -0.752. The third kappa shape index (κ3) is 9.31. The van der Waals surface area contributed by atoms with Gasteiger partial charge in [-0.25, -0.2) is 4.79 Å². The highest BCUT2D eigenvalue weighted by molar-refractivity contribution is 5.82. The first-order valence-electron chi connectivity index (χ1n) is 4.76. The highest BCUT2D eigenvalue weighted by Crippen LogP contribution is 2.15. The van der Waals surface area contributed by atoms with Gasteiger partial charge in [-0.15, -0.1) is 0 Å². The van der Waals surface area contributed by atoms with Crippen molar-refractivity contribution < 1.29 is 22.7 Å². The van der Waals surface area contributed by atoms with Crippen molar-refractivity contribution in [3.05, 3.63) is 11.6 Å². The summed E-state index contributed by atoms with van der Waals surface area (Å²) in [7, 11) is 0. The number of esters is 1. The average Bonchev–Trinajstić information content (AvgIpc) is 2.10. The summed E-state index contributed by atoms with van der Waals surface area (Å²) in [5.41, 5.74) is 0.740. The third-order valence-electron chi connectivity index (χ3n) is 1.67. The molecule has 0 N–H and O–H groups in total. The molecule has 0 heterocycles. The van der Waals surface area contributed by atoms with Crippen molar-refractivity contribution in [1.82, 2.24) is 0 Å². The summed E-state index contributed by atoms with van der Waals surface area (Å²) in [5.74, 6) is -0.930. The van der Waals surface area contributed by atoms with Crippen LogP contribution >= 0.6 is 0 Å². The van der Waals surface area contributed by atoms with E-state index >= 15 is 0 Å². The minimum absolute atomic E-state index is 0.706. The van der Waals surface area contributed by atoms with E-state index in [1.807, 2.05) is 6.92 Å². The van der Waals surface area contributed by atoms with Crippen LogP contribution in [0.15, 0.2) is 11.6 Å². The van der Waals surface area contributed by atoms with Crippen LogP contribution in [0.1, 0.15) is 33.1 Å². The number of unbranched alkanes of at least 4 members (excludes halogenated alkanes) is 1. The quantitative estimate of drug-likeness (QED) is 0.529. The number of carbonyl (C=O) groups is 1. The lowest BCUT2D eigenvalue weighted by Crippen LogP contribution is -2.19. The molecule has 0 saturated heterocycles. The van der Waals surface area contributed by atoms with E-state index in [2.05, 4.69) is 4.74 Å². The van der Waals surface area contributed by atoms with Crippen LogP contribution in [0, 0.1) is 0 Å². The lowest BCUT2D eigenvalue weighted by molar-refractivity contribution is -0.182. The van der Waals surface area contributed by atoms with Gasteiger partial charge in [0.2, 0.25) is 0 Å². The minimum atomic E-state index is -4.46. The fourth-order valence-corrected chi connectivity index (χ4v) is 0.924. The molecule has 5 heteroatoms. The zero-order valence-corrected chi connectivity index (χ0v) is 8.86. The van der Waals surface area contributed by atoms with Crippen molar-refractivity contribution in [3.63, 3.8) is 0 Å². The molecule has 0 unspecified atom stereocenters. The maximum Gasteiger partial charge on any atom is 0.422 e. The molecule has 0 radical (unpaired) electrons. The van der Waals surface area contributed by atoms with E-state index in [0.717, 1.165) is 24.5 Å². The van der Waals surface area contributed by atoms with Crippen molar-refractivity contribution in [2.75, 3.05) is 6.61 Å². The molecule has 0 atom stereocenters. The van der Waals surface area contributed by atoms with Gasteiger partial charge in [0.15, 0.2) is 6.61 Å². The van der Waals surface area contributed by atoms with Crippen LogP contribution in [0.4, 0.5) is 13.2 Å². The standard InChI is InChI=1S/C10H15F3O2/c1-3-4-5-8(2)6-9(14)15-7-10(11,12)13/h6H,3-5,7H2,1-2H3/b8-6+. The number of alkyl halides is 3. The number of allylic oxidation sites excluding steroid dienone is 1. The first kappa shape index (κ1) is 14.0. The van der Waals surface area contributed by atoms with Crippen molar-refractivity contribution in [2.45, 2.75) is 39.3 Å². The van der Waals surface area contributed by atoms with Gasteiger partial charge >= 0.3 is 12.1 Å². The Kier molecular flexibility index (Phi) is 6.05. The van der Waals surface area contributed by atoms with Crippen LogP contribution in [0.3, 0.4) is 0 Å². The van der Waals surface area contributed by atoms with Crippen molar-refractivity contribution >= 4 is 5.97 Å². The first-order chi connectivity index (χ1) is 6.85. The van der Waals surface area contributed by atoms with E-state index in [9.17, 15) is 18.0 Å². The highest BCUT2D eigenvalue weighted by Gasteiger charge is 2.29. The molecule has 0 aliphatic carbocycles. The Balaban J connectivity index is 3.91. The molecule has 0 rings (SSSR count). The summed E-state index contributed by atoms with van der Waals surface area (Å²) in [4.78, 5) is 10.9. The SMILES string of the molecule is CCCC/C(C)=C/C(=O)OCC(F)(F)F. The molecule has 0 amide bonds. The van der Waals surface area contributed by atoms with Crippen LogP contribution in [-0.4, -0.2) is 18.8 Å². The molecule has 0 aliphatic heterocycles. The smallest absolute Gasteiger partial charge is 0.422 e. The minimum Gasteiger partial charge on any atom is -0.453 e. The van der Waals surface area contributed by atoms with Crippen molar-refractivity contribution in [3.8, 4) is 0 Å². The van der Waals surface area contributed by atoms with Gasteiger partial charge in [0.25, 0.3) is 0 Å². The topological polar surface area (TPSA) is 26.3 Å². The normalized spacial score (nSPS) is 12.7. The summed E-state index contributed by atoms with van der Waals surface area (Å²) in [6.45, 7) is 2.17. The number of hydrogen-bond donors (Lipinski definition) is 0. The summed E-state index contributed by atoms with van der Waals surface area (Å²) >= 11 is 0. The summed E-state index contributed by atoms with van der Waals surface area (Å²) < 4.78 is 39.0. The van der Waals surface area contributed by atoms with Crippen LogP contribution in [0.5, 0.6) is 0 Å². The Morgan fingerprint density at radius 2 is 2.00 bits per heavy atom. The molecule has 0 fully saturated rings. The fraction of sp³-hybridized carbons (Fsp3) is 0.700. The molecule has 0 saturated carbocycles. The molecular formula is C10H15F3O2. The Hall–Kier alpha value is -1.00. The maximum atomic E-state index is 11.7. The van der Waals surface area contributed by atoms with Crippen molar-refractivity contribution in [1.29, 1.82) is 0 Å². The van der Waals surface area contributed by atoms with Crippen LogP contribution in [-0.2, 0) is 9.53 Å². The van der Waals surface area contributed by atoms with Gasteiger partial charge in [0, 0.05) is 6.08 Å². The highest BCUT2D eigenvalue weighted by atomic mass is 19.4. The molecule has 0 spiro atoms. The second-order valence-corrected chi connectivity index (χ2v) is 3.32. The molecule has 15 heavy (non-hydrogen) atoms. The Bertz CT molecular complexity index is 231. The summed E-state index contributed by atoms with van der Waals surface area (Å²) in [6, 6.07) is 0. The number of halogens is 3. The van der Waals surface area contributed by atoms with Gasteiger partial charge in [0.05, 0.1) is 0 Å². The molecule has 0 aromatic rings. The van der Waals surface area contributed by atoms with Crippen LogP contribution < -0.4 is 0 Å². The van der Waals surface area contributed by atoms with Crippen LogP contribution in [0.25, 0.3) is 0 Å². The number of hydrogen-bond acceptors (Lipinski definition) is 2. The predicted molar refractivity (Wildman–Crippen MR) is 50.3 cm³/mol. The molecule has 0 bridgehead atoms. The molecular weight excluding hydrogens is 209 g/mol. The van der Waals surface area contributed by atoms with E-state index in [1.54, 1.807) is 6.92 Å². The number of rotatable bonds is 5. The van der Waals surface area contributed by atoms with Gasteiger partial charge < -0.3 is 4.74 Å². The van der Waals surface area contributed by atoms with Crippen molar-refractivity contribution in [2.24, 2.45) is 0 Å². The maximum absolute atomic E-state index is 11.7. The Morgan fingerprint density at radius 1 is 1.40 bits per heavy atom. The molecule has 0 aromatic carbocycles. The van der Waals surface area contributed by atoms with Gasteiger partial charge in [-0.2, -0.15) is 13.2 Å². The van der Waals surface area contributed by atoms with E-state index in [4.69, 9.17) is 0 Å². The molecule has 0 aliphatic rings. The van der Waals surface area contributed by atoms with E-state index in [1.165, 1.54) is 0 Å². The second kappa shape index (κ2) is 6.48. The first-order valence-corrected chi connectivity index (χ1v) is 4.76. The fourth-order valence-electron chi connectivity index (χ4n) is 0.924. The van der Waals surface area contributed by atoms with Gasteiger partial charge in [-0.3, -0.25) is 0 Å². The van der Waals surface area contributed by atoms with E-state index < -0.39 is 18.8 Å². The molecule has 88 valence electrons. The molecule has 0 aromatic heterocycles. The predicted octanol–water partition coefficient (Wildman–Crippen LogP) is 3.23. The number of ether oxygens (including phenoxy) is 1. The zero-order chi connectivity index (χ0) is 11.9. The number of carbonyl (C=O) groups excluding carboxylic acids is 1. The largest absolute Gasteiger partial charge is 0.453 e. The van der Waals surface area contributed by atoms with E-state index in [-0.39, 0.29) is 0 Å². The van der Waals surface area contributed by atoms with Gasteiger partial charge in [-0.05, 0) is 19.8 Å². The zero-order valence-electron chi connectivity index (χ0n) is 8.86. The summed E-state index contributed by atoms with van der Waals surface area (Å²) in [5, 5.41) is 0. The lowest BCUT2D eigenvalue weighted by Gasteiger charge is -2.06. The van der Waals surface area contributed by atoms with Gasteiger partial charge in [0.1, 0.15) is 0 Å². The average molecular weight is 224 g/mol. The lowest BCUT2D eigenvalue weighted by atomic mass is 10.1.